The fourth-order valence-electron chi connectivity index (χ4n) is 1.77. The lowest BCUT2D eigenvalue weighted by Crippen LogP contribution is -2.26. The summed E-state index contributed by atoms with van der Waals surface area (Å²) in [7, 11) is 0. The van der Waals surface area contributed by atoms with E-state index in [1.165, 1.54) is 45.4 Å². The van der Waals surface area contributed by atoms with Crippen molar-refractivity contribution in [1.29, 1.82) is 0 Å². The van der Waals surface area contributed by atoms with Crippen molar-refractivity contribution in [2.45, 2.75) is 33.1 Å². The first-order valence-corrected chi connectivity index (χ1v) is 5.70. The summed E-state index contributed by atoms with van der Waals surface area (Å²) < 4.78 is 0. The Morgan fingerprint density at radius 2 is 1.31 bits per heavy atom. The lowest BCUT2D eigenvalue weighted by Gasteiger charge is -2.17. The Bertz CT molecular complexity index is 113. The van der Waals surface area contributed by atoms with Gasteiger partial charge in [0.15, 0.2) is 0 Å². The van der Waals surface area contributed by atoms with Crippen LogP contribution in [0.3, 0.4) is 0 Å². The summed E-state index contributed by atoms with van der Waals surface area (Å²) in [5, 5.41) is 6.59. The molecule has 0 radical (unpaired) electrons. The van der Waals surface area contributed by atoms with Gasteiger partial charge in [0, 0.05) is 0 Å². The first-order chi connectivity index (χ1) is 6.29. The van der Waals surface area contributed by atoms with E-state index < -0.39 is 0 Å². The van der Waals surface area contributed by atoms with Crippen molar-refractivity contribution in [3.8, 4) is 0 Å². The van der Waals surface area contributed by atoms with Crippen molar-refractivity contribution < 1.29 is 0 Å². The molecule has 0 aromatic carbocycles. The van der Waals surface area contributed by atoms with Crippen molar-refractivity contribution >= 4 is 0 Å². The second-order valence-electron chi connectivity index (χ2n) is 4.53. The van der Waals surface area contributed by atoms with Gasteiger partial charge in [-0.1, -0.05) is 13.8 Å². The minimum atomic E-state index is 0.935. The van der Waals surface area contributed by atoms with Gasteiger partial charge in [-0.3, -0.25) is 0 Å². The molecule has 0 spiro atoms. The summed E-state index contributed by atoms with van der Waals surface area (Å²) in [6.07, 6.45) is 4.12. The molecule has 2 nitrogen and oxygen atoms in total. The van der Waals surface area contributed by atoms with E-state index in [9.17, 15) is 0 Å². The Kier molecular flexibility index (Phi) is 5.40. The van der Waals surface area contributed by atoms with Gasteiger partial charge in [-0.15, -0.1) is 0 Å². The summed E-state index contributed by atoms with van der Waals surface area (Å²) >= 11 is 0. The Morgan fingerprint density at radius 3 is 1.54 bits per heavy atom. The van der Waals surface area contributed by atoms with Crippen molar-refractivity contribution in [3.63, 3.8) is 0 Å². The van der Waals surface area contributed by atoms with E-state index >= 15 is 0 Å². The number of nitrogens with one attached hydrogen (secondary N) is 2. The molecule has 2 rings (SSSR count). The van der Waals surface area contributed by atoms with Gasteiger partial charge in [0.05, 0.1) is 0 Å². The summed E-state index contributed by atoms with van der Waals surface area (Å²) in [5.74, 6) is 1.91. The molecule has 2 heterocycles. The molecule has 0 aliphatic carbocycles. The quantitative estimate of drug-likeness (QED) is 0.598. The number of hydrogen-bond donors (Lipinski definition) is 2. The van der Waals surface area contributed by atoms with Crippen LogP contribution in [0.4, 0.5) is 0 Å². The van der Waals surface area contributed by atoms with E-state index in [0.29, 0.717) is 0 Å². The number of rotatable bonds is 0. The highest BCUT2D eigenvalue weighted by atomic mass is 14.9. The third-order valence-electron chi connectivity index (χ3n) is 2.93. The molecule has 2 fully saturated rings. The van der Waals surface area contributed by atoms with Crippen LogP contribution in [0.1, 0.15) is 33.1 Å². The van der Waals surface area contributed by atoms with E-state index in [1.807, 2.05) is 0 Å². The lowest BCUT2D eigenvalue weighted by molar-refractivity contribution is 0.402. The molecule has 2 aliphatic heterocycles. The van der Waals surface area contributed by atoms with Gasteiger partial charge in [0.25, 0.3) is 0 Å². The molecule has 13 heavy (non-hydrogen) atoms. The molecule has 2 N–H and O–H groups in total. The molecule has 0 bridgehead atoms. The smallest absolute Gasteiger partial charge is 0.00227 e. The molecule has 2 aliphatic rings. The molecule has 0 amide bonds. The Morgan fingerprint density at radius 1 is 0.769 bits per heavy atom. The van der Waals surface area contributed by atoms with Crippen molar-refractivity contribution in [1.82, 2.24) is 10.6 Å². The minimum Gasteiger partial charge on any atom is -0.317 e. The van der Waals surface area contributed by atoms with Crippen LogP contribution in [0, 0.1) is 11.8 Å². The average molecular weight is 184 g/mol. The van der Waals surface area contributed by atoms with E-state index in [0.717, 1.165) is 11.8 Å². The second-order valence-corrected chi connectivity index (χ2v) is 4.53. The van der Waals surface area contributed by atoms with E-state index in [2.05, 4.69) is 24.5 Å². The van der Waals surface area contributed by atoms with Gasteiger partial charge in [0.1, 0.15) is 0 Å². The summed E-state index contributed by atoms with van der Waals surface area (Å²) in [6.45, 7) is 9.55. The number of piperidine rings is 1. The molecule has 0 saturated carbocycles. The van der Waals surface area contributed by atoms with Crippen LogP contribution < -0.4 is 10.6 Å². The van der Waals surface area contributed by atoms with Gasteiger partial charge in [-0.05, 0) is 57.3 Å². The predicted molar refractivity (Wildman–Crippen MR) is 57.9 cm³/mol. The number of hydrogen-bond acceptors (Lipinski definition) is 2. The molecule has 1 unspecified atom stereocenters. The third kappa shape index (κ3) is 5.27. The Balaban J connectivity index is 0.000000132. The lowest BCUT2D eigenvalue weighted by atomic mass is 10.0. The van der Waals surface area contributed by atoms with E-state index in [1.54, 1.807) is 0 Å². The SMILES string of the molecule is CC1CCNC1.CC1CCNCC1. The molecule has 78 valence electrons. The van der Waals surface area contributed by atoms with E-state index in [-0.39, 0.29) is 0 Å². The van der Waals surface area contributed by atoms with E-state index in [4.69, 9.17) is 0 Å². The standard InChI is InChI=1S/C6H13N.C5H11N/c1-6-2-4-7-5-3-6;1-5-2-3-6-4-5/h6-7H,2-5H2,1H3;5-6H,2-4H2,1H3. The summed E-state index contributed by atoms with van der Waals surface area (Å²) in [6, 6.07) is 0. The van der Waals surface area contributed by atoms with Gasteiger partial charge >= 0.3 is 0 Å². The van der Waals surface area contributed by atoms with Crippen LogP contribution >= 0.6 is 0 Å². The Labute approximate surface area is 82.5 Å². The molecule has 0 aromatic rings. The normalized spacial score (nSPS) is 29.5. The largest absolute Gasteiger partial charge is 0.317 e. The zero-order valence-corrected chi connectivity index (χ0v) is 9.10. The first-order valence-electron chi connectivity index (χ1n) is 5.70. The predicted octanol–water partition coefficient (Wildman–Crippen LogP) is 1.62. The maximum Gasteiger partial charge on any atom is -0.00227 e. The van der Waals surface area contributed by atoms with Crippen molar-refractivity contribution in [2.24, 2.45) is 11.8 Å². The summed E-state index contributed by atoms with van der Waals surface area (Å²) in [5.41, 5.74) is 0. The first kappa shape index (κ1) is 11.0. The maximum atomic E-state index is 3.32. The van der Waals surface area contributed by atoms with Crippen LogP contribution in [0.15, 0.2) is 0 Å². The molecule has 0 aromatic heterocycles. The molecular weight excluding hydrogens is 160 g/mol. The van der Waals surface area contributed by atoms with Crippen LogP contribution in [-0.4, -0.2) is 26.2 Å². The second kappa shape index (κ2) is 6.39. The summed E-state index contributed by atoms with van der Waals surface area (Å²) in [4.78, 5) is 0. The molecular formula is C11H24N2. The fourth-order valence-corrected chi connectivity index (χ4v) is 1.77. The van der Waals surface area contributed by atoms with Gasteiger partial charge < -0.3 is 10.6 Å². The van der Waals surface area contributed by atoms with Crippen LogP contribution in [0.5, 0.6) is 0 Å². The van der Waals surface area contributed by atoms with Gasteiger partial charge in [-0.2, -0.15) is 0 Å². The third-order valence-corrected chi connectivity index (χ3v) is 2.93. The highest BCUT2D eigenvalue weighted by molar-refractivity contribution is 4.65. The zero-order chi connectivity index (χ0) is 9.52. The van der Waals surface area contributed by atoms with Gasteiger partial charge in [0.2, 0.25) is 0 Å². The van der Waals surface area contributed by atoms with Crippen LogP contribution in [-0.2, 0) is 0 Å². The zero-order valence-electron chi connectivity index (χ0n) is 9.10. The van der Waals surface area contributed by atoms with Crippen molar-refractivity contribution in [3.05, 3.63) is 0 Å². The highest BCUT2D eigenvalue weighted by Crippen LogP contribution is 2.08. The molecule has 2 heteroatoms. The highest BCUT2D eigenvalue weighted by Gasteiger charge is 2.06. The molecule has 2 saturated heterocycles. The fraction of sp³-hybridized carbons (Fsp3) is 1.00. The van der Waals surface area contributed by atoms with Gasteiger partial charge in [-0.25, -0.2) is 0 Å². The topological polar surface area (TPSA) is 24.1 Å². The monoisotopic (exact) mass is 184 g/mol. The van der Waals surface area contributed by atoms with Crippen molar-refractivity contribution in [2.75, 3.05) is 26.2 Å². The minimum absolute atomic E-state index is 0.935. The Hall–Kier alpha value is -0.0800. The molecule has 1 atom stereocenters. The maximum absolute atomic E-state index is 3.32. The van der Waals surface area contributed by atoms with Crippen LogP contribution in [0.2, 0.25) is 0 Å². The van der Waals surface area contributed by atoms with Crippen LogP contribution in [0.25, 0.3) is 0 Å². The average Bonchev–Trinajstić information content (AvgIpc) is 2.58.